The van der Waals surface area contributed by atoms with Crippen LogP contribution in [0.4, 0.5) is 0 Å². The molecule has 0 aromatic rings. The number of esters is 2. The lowest BCUT2D eigenvalue weighted by atomic mass is 9.79. The fraction of sp³-hybridized carbons (Fsp3) is 0.739. The minimum Gasteiger partial charge on any atom is -0.482 e. The number of hydrogen-bond acceptors (Lipinski definition) is 11. The van der Waals surface area contributed by atoms with Gasteiger partial charge in [0.25, 0.3) is 0 Å². The molecule has 1 unspecified atom stereocenters. The quantitative estimate of drug-likeness (QED) is 0.0712. The molecule has 0 spiro atoms. The van der Waals surface area contributed by atoms with Crippen molar-refractivity contribution in [3.63, 3.8) is 0 Å². The minimum absolute atomic E-state index is 0.112. The fourth-order valence-corrected chi connectivity index (χ4v) is 3.65. The van der Waals surface area contributed by atoms with Crippen LogP contribution in [-0.4, -0.2) is 82.8 Å². The second-order valence-corrected chi connectivity index (χ2v) is 9.55. The molecule has 0 fully saturated rings. The SMILES string of the molecule is CC(=O)C[C@H]1[C@H]([C@@H](CO)[C@H](O)CO)OC(C(=O)OC(OC(=O)[C@@H](N)C(C)C)C(C)C)=C[C@@H]1N=C(N)N. The number of aliphatic hydroxyl groups is 3. The molecular weight excluding hydrogens is 476 g/mol. The second-order valence-electron chi connectivity index (χ2n) is 9.55. The smallest absolute Gasteiger partial charge is 0.376 e. The number of Topliss-reactive ketones (excluding diaryl/α,β-unsaturated/α-hetero) is 1. The van der Waals surface area contributed by atoms with Crippen LogP contribution >= 0.6 is 0 Å². The molecule has 9 N–H and O–H groups in total. The third-order valence-electron chi connectivity index (χ3n) is 5.77. The van der Waals surface area contributed by atoms with Gasteiger partial charge in [0.05, 0.1) is 25.4 Å². The summed E-state index contributed by atoms with van der Waals surface area (Å²) in [6.45, 7) is 6.78. The maximum Gasteiger partial charge on any atom is 0.376 e. The van der Waals surface area contributed by atoms with Crippen LogP contribution in [-0.2, 0) is 28.6 Å². The van der Waals surface area contributed by atoms with Crippen LogP contribution in [0.2, 0.25) is 0 Å². The Kier molecular flexibility index (Phi) is 12.3. The summed E-state index contributed by atoms with van der Waals surface area (Å²) in [4.78, 5) is 41.4. The van der Waals surface area contributed by atoms with Gasteiger partial charge in [-0.25, -0.2) is 9.79 Å². The monoisotopic (exact) mass is 516 g/mol. The van der Waals surface area contributed by atoms with Crippen molar-refractivity contribution < 1.29 is 43.9 Å². The number of aliphatic imine (C=N–C) groups is 1. The van der Waals surface area contributed by atoms with Crippen LogP contribution < -0.4 is 17.2 Å². The molecule has 0 saturated heterocycles. The number of hydrogen-bond donors (Lipinski definition) is 6. The molecule has 0 bridgehead atoms. The molecule has 0 radical (unpaired) electrons. The van der Waals surface area contributed by atoms with E-state index in [4.69, 9.17) is 31.4 Å². The highest BCUT2D eigenvalue weighted by Crippen LogP contribution is 2.35. The lowest BCUT2D eigenvalue weighted by Crippen LogP contribution is -2.49. The van der Waals surface area contributed by atoms with Crippen LogP contribution in [0.15, 0.2) is 16.8 Å². The van der Waals surface area contributed by atoms with E-state index in [1.54, 1.807) is 27.7 Å². The Bertz CT molecular complexity index is 826. The van der Waals surface area contributed by atoms with Crippen molar-refractivity contribution in [2.75, 3.05) is 13.2 Å². The van der Waals surface area contributed by atoms with Gasteiger partial charge >= 0.3 is 11.9 Å². The Morgan fingerprint density at radius 2 is 1.69 bits per heavy atom. The van der Waals surface area contributed by atoms with Crippen LogP contribution in [0.1, 0.15) is 41.0 Å². The summed E-state index contributed by atoms with van der Waals surface area (Å²) in [6, 6.07) is -1.89. The fourth-order valence-electron chi connectivity index (χ4n) is 3.65. The first kappa shape index (κ1) is 31.3. The van der Waals surface area contributed by atoms with E-state index < -0.39 is 73.5 Å². The van der Waals surface area contributed by atoms with Gasteiger partial charge in [-0.15, -0.1) is 0 Å². The summed E-state index contributed by atoms with van der Waals surface area (Å²) in [5.41, 5.74) is 16.9. The molecule has 0 aromatic heterocycles. The molecule has 0 saturated carbocycles. The highest BCUT2D eigenvalue weighted by Gasteiger charge is 2.44. The van der Waals surface area contributed by atoms with E-state index in [1.165, 1.54) is 13.0 Å². The number of ketones is 1. The highest BCUT2D eigenvalue weighted by atomic mass is 16.7. The van der Waals surface area contributed by atoms with E-state index in [0.717, 1.165) is 0 Å². The van der Waals surface area contributed by atoms with Crippen molar-refractivity contribution in [1.82, 2.24) is 0 Å². The van der Waals surface area contributed by atoms with Gasteiger partial charge in [-0.2, -0.15) is 0 Å². The number of ether oxygens (including phenoxy) is 3. The van der Waals surface area contributed by atoms with E-state index in [1.807, 2.05) is 0 Å². The average Bonchev–Trinajstić information content (AvgIpc) is 2.78. The van der Waals surface area contributed by atoms with Gasteiger partial charge in [0.15, 0.2) is 5.96 Å². The Hall–Kier alpha value is -2.74. The zero-order valence-corrected chi connectivity index (χ0v) is 21.4. The summed E-state index contributed by atoms with van der Waals surface area (Å²) in [5.74, 6) is -5.30. The first-order valence-electron chi connectivity index (χ1n) is 11.8. The maximum absolute atomic E-state index is 13.1. The van der Waals surface area contributed by atoms with Gasteiger partial charge in [-0.3, -0.25) is 4.79 Å². The molecule has 1 aliphatic heterocycles. The number of guanidine groups is 1. The number of aliphatic hydroxyl groups excluding tert-OH is 3. The summed E-state index contributed by atoms with van der Waals surface area (Å²) in [6.07, 6.45) is -2.75. The molecule has 206 valence electrons. The molecule has 1 aliphatic rings. The zero-order chi connectivity index (χ0) is 27.7. The standard InChI is InChI=1S/C23H40N4O9/c1-10(2)18(24)21(33)36-22(11(3)4)35-20(32)17-7-15(27-23(25)26)13(6-12(5)30)19(34-17)14(8-28)16(31)9-29/h7,10-11,13-16,18-19,22,28-29,31H,6,8-9,24H2,1-5H3,(H4,25,26,27)/t13-,14+,15+,16-,18+,19-,22?/m1/s1. The van der Waals surface area contributed by atoms with E-state index in [-0.39, 0.29) is 29.8 Å². The van der Waals surface area contributed by atoms with E-state index in [9.17, 15) is 29.7 Å². The summed E-state index contributed by atoms with van der Waals surface area (Å²) < 4.78 is 16.5. The predicted octanol–water partition coefficient (Wildman–Crippen LogP) is -1.48. The number of rotatable bonds is 13. The Labute approximate surface area is 210 Å². The molecule has 13 nitrogen and oxygen atoms in total. The number of carbonyl (C=O) groups is 3. The van der Waals surface area contributed by atoms with Crippen molar-refractivity contribution in [2.24, 2.45) is 45.9 Å². The molecule has 1 rings (SSSR count). The van der Waals surface area contributed by atoms with Crippen LogP contribution in [0.3, 0.4) is 0 Å². The summed E-state index contributed by atoms with van der Waals surface area (Å²) >= 11 is 0. The minimum atomic E-state index is -1.44. The Balaban J connectivity index is 3.36. The Morgan fingerprint density at radius 1 is 1.08 bits per heavy atom. The van der Waals surface area contributed by atoms with Crippen LogP contribution in [0.5, 0.6) is 0 Å². The molecular formula is C23H40N4O9. The predicted molar refractivity (Wildman–Crippen MR) is 129 cm³/mol. The Morgan fingerprint density at radius 3 is 2.14 bits per heavy atom. The molecule has 0 aliphatic carbocycles. The van der Waals surface area contributed by atoms with Crippen molar-refractivity contribution in [3.05, 3.63) is 11.8 Å². The van der Waals surface area contributed by atoms with Crippen LogP contribution in [0, 0.1) is 23.7 Å². The first-order valence-corrected chi connectivity index (χ1v) is 11.8. The normalized spacial score (nSPS) is 23.1. The van der Waals surface area contributed by atoms with Gasteiger partial charge in [0, 0.05) is 24.2 Å². The van der Waals surface area contributed by atoms with Gasteiger partial charge in [0.1, 0.15) is 17.9 Å². The lowest BCUT2D eigenvalue weighted by molar-refractivity contribution is -0.198. The molecule has 7 atom stereocenters. The number of carbonyl (C=O) groups excluding carboxylic acids is 3. The van der Waals surface area contributed by atoms with Crippen molar-refractivity contribution in [2.45, 2.75) is 71.6 Å². The largest absolute Gasteiger partial charge is 0.482 e. The molecule has 36 heavy (non-hydrogen) atoms. The van der Waals surface area contributed by atoms with E-state index in [0.29, 0.717) is 0 Å². The van der Waals surface area contributed by atoms with Crippen molar-refractivity contribution in [3.8, 4) is 0 Å². The lowest BCUT2D eigenvalue weighted by Gasteiger charge is -2.40. The molecule has 1 heterocycles. The van der Waals surface area contributed by atoms with E-state index >= 15 is 0 Å². The van der Waals surface area contributed by atoms with E-state index in [2.05, 4.69) is 4.99 Å². The number of nitrogens with two attached hydrogens (primary N) is 3. The third kappa shape index (κ3) is 8.73. The van der Waals surface area contributed by atoms with Gasteiger partial charge in [-0.1, -0.05) is 27.7 Å². The summed E-state index contributed by atoms with van der Waals surface area (Å²) in [7, 11) is 0. The third-order valence-corrected chi connectivity index (χ3v) is 5.77. The molecule has 13 heteroatoms. The summed E-state index contributed by atoms with van der Waals surface area (Å²) in [5, 5.41) is 29.6. The second kappa shape index (κ2) is 14.1. The van der Waals surface area contributed by atoms with Gasteiger partial charge in [0.2, 0.25) is 12.0 Å². The highest BCUT2D eigenvalue weighted by molar-refractivity contribution is 5.87. The topological polar surface area (TPSA) is 230 Å². The molecule has 0 amide bonds. The van der Waals surface area contributed by atoms with Crippen LogP contribution in [0.25, 0.3) is 0 Å². The molecule has 0 aromatic carbocycles. The maximum atomic E-state index is 13.1. The van der Waals surface area contributed by atoms with Gasteiger partial charge in [-0.05, 0) is 18.9 Å². The van der Waals surface area contributed by atoms with Crippen molar-refractivity contribution >= 4 is 23.7 Å². The first-order chi connectivity index (χ1) is 16.7. The number of nitrogens with zero attached hydrogens (tertiary/aromatic N) is 1. The average molecular weight is 517 g/mol. The zero-order valence-electron chi connectivity index (χ0n) is 21.4. The van der Waals surface area contributed by atoms with Gasteiger partial charge < -0.3 is 51.5 Å². The van der Waals surface area contributed by atoms with Crippen molar-refractivity contribution in [1.29, 1.82) is 0 Å².